The van der Waals surface area contributed by atoms with Gasteiger partial charge in [-0.3, -0.25) is 9.35 Å². The minimum atomic E-state index is -4.16. The predicted molar refractivity (Wildman–Crippen MR) is 57.1 cm³/mol. The standard InChI is InChI=1S/C9H17NO5S/c1-9(2,3)8(11)15-7-4-5-10(6-7)16(12,13)14/h7H,4-6H2,1-3H3,(H,12,13,14)/t7-/m1/s1. The van der Waals surface area contributed by atoms with Gasteiger partial charge in [0.15, 0.2) is 0 Å². The van der Waals surface area contributed by atoms with Gasteiger partial charge >= 0.3 is 16.3 Å². The van der Waals surface area contributed by atoms with Crippen LogP contribution in [-0.4, -0.2) is 42.4 Å². The third-order valence-corrected chi connectivity index (χ3v) is 3.30. The summed E-state index contributed by atoms with van der Waals surface area (Å²) in [6.45, 7) is 5.39. The molecule has 0 amide bonds. The summed E-state index contributed by atoms with van der Waals surface area (Å²) in [5.74, 6) is -0.366. The zero-order valence-corrected chi connectivity index (χ0v) is 10.5. The number of hydrogen-bond acceptors (Lipinski definition) is 4. The molecule has 0 spiro atoms. The number of nitrogens with zero attached hydrogens (tertiary/aromatic N) is 1. The lowest BCUT2D eigenvalue weighted by Crippen LogP contribution is -2.32. The molecule has 0 aromatic rings. The topological polar surface area (TPSA) is 83.9 Å². The number of carbonyl (C=O) groups is 1. The first-order valence-electron chi connectivity index (χ1n) is 5.04. The van der Waals surface area contributed by atoms with Crippen molar-refractivity contribution < 1.29 is 22.5 Å². The first kappa shape index (κ1) is 13.4. The van der Waals surface area contributed by atoms with E-state index < -0.39 is 21.8 Å². The molecule has 0 aliphatic carbocycles. The summed E-state index contributed by atoms with van der Waals surface area (Å²) in [6, 6.07) is 0. The van der Waals surface area contributed by atoms with Gasteiger partial charge in [0, 0.05) is 6.54 Å². The Kier molecular flexibility index (Phi) is 3.61. The van der Waals surface area contributed by atoms with Crippen molar-refractivity contribution in [3.05, 3.63) is 0 Å². The van der Waals surface area contributed by atoms with Crippen LogP contribution in [0, 0.1) is 5.41 Å². The highest BCUT2D eigenvalue weighted by Crippen LogP contribution is 2.21. The summed E-state index contributed by atoms with van der Waals surface area (Å²) in [5, 5.41) is 0. The van der Waals surface area contributed by atoms with Crippen LogP contribution in [0.15, 0.2) is 0 Å². The molecule has 16 heavy (non-hydrogen) atoms. The molecule has 0 radical (unpaired) electrons. The van der Waals surface area contributed by atoms with Crippen molar-refractivity contribution in [2.45, 2.75) is 33.3 Å². The van der Waals surface area contributed by atoms with E-state index in [0.29, 0.717) is 6.42 Å². The van der Waals surface area contributed by atoms with Gasteiger partial charge in [0.05, 0.1) is 12.0 Å². The second kappa shape index (κ2) is 4.31. The molecule has 1 rings (SSSR count). The molecule has 6 nitrogen and oxygen atoms in total. The molecule has 0 aromatic heterocycles. The second-order valence-corrected chi connectivity index (χ2v) is 6.31. The van der Waals surface area contributed by atoms with E-state index in [0.717, 1.165) is 4.31 Å². The zero-order valence-electron chi connectivity index (χ0n) is 9.63. The van der Waals surface area contributed by atoms with Crippen LogP contribution in [0.5, 0.6) is 0 Å². The highest BCUT2D eigenvalue weighted by molar-refractivity contribution is 7.83. The number of carbonyl (C=O) groups excluding carboxylic acids is 1. The Bertz CT molecular complexity index is 370. The van der Waals surface area contributed by atoms with Crippen molar-refractivity contribution in [1.82, 2.24) is 4.31 Å². The molecule has 0 aromatic carbocycles. The Morgan fingerprint density at radius 2 is 2.00 bits per heavy atom. The van der Waals surface area contributed by atoms with Crippen LogP contribution < -0.4 is 0 Å². The van der Waals surface area contributed by atoms with Crippen LogP contribution in [0.25, 0.3) is 0 Å². The highest BCUT2D eigenvalue weighted by Gasteiger charge is 2.34. The molecular formula is C9H17NO5S. The van der Waals surface area contributed by atoms with E-state index in [9.17, 15) is 13.2 Å². The van der Waals surface area contributed by atoms with Crippen LogP contribution in [0.3, 0.4) is 0 Å². The smallest absolute Gasteiger partial charge is 0.336 e. The first-order chi connectivity index (χ1) is 7.10. The van der Waals surface area contributed by atoms with E-state index in [2.05, 4.69) is 0 Å². The quantitative estimate of drug-likeness (QED) is 0.569. The number of ether oxygens (including phenoxy) is 1. The fourth-order valence-electron chi connectivity index (χ4n) is 1.33. The molecule has 94 valence electrons. The van der Waals surface area contributed by atoms with Gasteiger partial charge in [0.2, 0.25) is 0 Å². The summed E-state index contributed by atoms with van der Waals surface area (Å²) in [4.78, 5) is 11.5. The van der Waals surface area contributed by atoms with Crippen molar-refractivity contribution in [3.8, 4) is 0 Å². The normalized spacial score (nSPS) is 23.4. The maximum Gasteiger partial charge on any atom is 0.336 e. The Labute approximate surface area is 95.5 Å². The van der Waals surface area contributed by atoms with E-state index in [-0.39, 0.29) is 19.1 Å². The Balaban J connectivity index is 2.53. The van der Waals surface area contributed by atoms with Crippen molar-refractivity contribution >= 4 is 16.3 Å². The molecule has 0 bridgehead atoms. The van der Waals surface area contributed by atoms with Crippen LogP contribution in [-0.2, 0) is 19.8 Å². The van der Waals surface area contributed by atoms with Gasteiger partial charge in [-0.1, -0.05) is 0 Å². The molecule has 1 saturated heterocycles. The Morgan fingerprint density at radius 3 is 2.38 bits per heavy atom. The molecule has 0 saturated carbocycles. The molecule has 1 N–H and O–H groups in total. The van der Waals surface area contributed by atoms with E-state index in [1.165, 1.54) is 0 Å². The van der Waals surface area contributed by atoms with Crippen LogP contribution >= 0.6 is 0 Å². The predicted octanol–water partition coefficient (Wildman–Crippen LogP) is 0.453. The summed E-state index contributed by atoms with van der Waals surface area (Å²) in [7, 11) is -4.16. The van der Waals surface area contributed by atoms with E-state index >= 15 is 0 Å². The lowest BCUT2D eigenvalue weighted by molar-refractivity contribution is -0.157. The van der Waals surface area contributed by atoms with Crippen molar-refractivity contribution in [3.63, 3.8) is 0 Å². The maximum atomic E-state index is 11.5. The largest absolute Gasteiger partial charge is 0.461 e. The molecule has 1 aliphatic rings. The minimum Gasteiger partial charge on any atom is -0.461 e. The van der Waals surface area contributed by atoms with Gasteiger partial charge in [-0.05, 0) is 27.2 Å². The lowest BCUT2D eigenvalue weighted by atomic mass is 9.97. The average Bonchev–Trinajstić information content (AvgIpc) is 2.49. The molecule has 1 atom stereocenters. The first-order valence-corrected chi connectivity index (χ1v) is 6.44. The summed E-state index contributed by atoms with van der Waals surface area (Å²) in [5.41, 5.74) is -0.606. The SMILES string of the molecule is CC(C)(C)C(=O)O[C@@H]1CCN(S(=O)(=O)O)C1. The van der Waals surface area contributed by atoms with Crippen molar-refractivity contribution in [2.24, 2.45) is 5.41 Å². The number of rotatable bonds is 2. The summed E-state index contributed by atoms with van der Waals surface area (Å²) in [6.07, 6.45) is -0.0459. The van der Waals surface area contributed by atoms with Crippen LogP contribution in [0.2, 0.25) is 0 Å². The summed E-state index contributed by atoms with van der Waals surface area (Å²) < 4.78 is 36.4. The fourth-order valence-corrected chi connectivity index (χ4v) is 2.02. The van der Waals surface area contributed by atoms with E-state index in [1.54, 1.807) is 20.8 Å². The maximum absolute atomic E-state index is 11.5. The fraction of sp³-hybridized carbons (Fsp3) is 0.889. The monoisotopic (exact) mass is 251 g/mol. The molecule has 7 heteroatoms. The number of esters is 1. The number of hydrogen-bond donors (Lipinski definition) is 1. The van der Waals surface area contributed by atoms with Crippen LogP contribution in [0.4, 0.5) is 0 Å². The molecule has 0 unspecified atom stereocenters. The lowest BCUT2D eigenvalue weighted by Gasteiger charge is -2.20. The average molecular weight is 251 g/mol. The van der Waals surface area contributed by atoms with Gasteiger partial charge < -0.3 is 4.74 Å². The Hall–Kier alpha value is -0.660. The zero-order chi connectivity index (χ0) is 12.6. The van der Waals surface area contributed by atoms with Gasteiger partial charge in [-0.25, -0.2) is 0 Å². The Morgan fingerprint density at radius 1 is 1.44 bits per heavy atom. The molecule has 1 heterocycles. The van der Waals surface area contributed by atoms with Crippen molar-refractivity contribution in [1.29, 1.82) is 0 Å². The van der Waals surface area contributed by atoms with E-state index in [1.807, 2.05) is 0 Å². The second-order valence-electron chi connectivity index (χ2n) is 4.90. The van der Waals surface area contributed by atoms with Crippen molar-refractivity contribution in [2.75, 3.05) is 13.1 Å². The van der Waals surface area contributed by atoms with E-state index in [4.69, 9.17) is 9.29 Å². The molecule has 1 fully saturated rings. The molecule has 1 aliphatic heterocycles. The highest BCUT2D eigenvalue weighted by atomic mass is 32.2. The van der Waals surface area contributed by atoms with Crippen LogP contribution in [0.1, 0.15) is 27.2 Å². The summed E-state index contributed by atoms with van der Waals surface area (Å²) >= 11 is 0. The van der Waals surface area contributed by atoms with Gasteiger partial charge in [-0.15, -0.1) is 0 Å². The van der Waals surface area contributed by atoms with Gasteiger partial charge in [-0.2, -0.15) is 12.7 Å². The molecular weight excluding hydrogens is 234 g/mol. The third kappa shape index (κ3) is 3.43. The third-order valence-electron chi connectivity index (χ3n) is 2.32. The van der Waals surface area contributed by atoms with Gasteiger partial charge in [0.1, 0.15) is 6.10 Å². The minimum absolute atomic E-state index is 0.0284. The van der Waals surface area contributed by atoms with Gasteiger partial charge in [0.25, 0.3) is 0 Å².